The van der Waals surface area contributed by atoms with Crippen LogP contribution in [0.4, 0.5) is 5.69 Å². The second-order valence-corrected chi connectivity index (χ2v) is 4.40. The third kappa shape index (κ3) is 2.33. The van der Waals surface area contributed by atoms with Gasteiger partial charge in [-0.15, -0.1) is 0 Å². The number of hydrogen-bond donors (Lipinski definition) is 1. The molecule has 1 aliphatic heterocycles. The standard InChI is InChI=1S/C11H13ClN2O2/c12-10-2-1-9(7-11(10)14(15)16)8-3-5-13-6-4-8/h1-2,7-8,13H,3-6H2. The van der Waals surface area contributed by atoms with Crippen molar-refractivity contribution in [1.29, 1.82) is 0 Å². The van der Waals surface area contributed by atoms with Gasteiger partial charge in [0.2, 0.25) is 0 Å². The summed E-state index contributed by atoms with van der Waals surface area (Å²) in [6.07, 6.45) is 2.05. The highest BCUT2D eigenvalue weighted by atomic mass is 35.5. The fraction of sp³-hybridized carbons (Fsp3) is 0.455. The van der Waals surface area contributed by atoms with Crippen LogP contribution >= 0.6 is 11.6 Å². The van der Waals surface area contributed by atoms with E-state index in [1.165, 1.54) is 0 Å². The number of halogens is 1. The average molecular weight is 241 g/mol. The van der Waals surface area contributed by atoms with Gasteiger partial charge in [-0.05, 0) is 43.5 Å². The first-order valence-electron chi connectivity index (χ1n) is 5.33. The van der Waals surface area contributed by atoms with E-state index in [9.17, 15) is 10.1 Å². The minimum Gasteiger partial charge on any atom is -0.317 e. The molecule has 0 radical (unpaired) electrons. The van der Waals surface area contributed by atoms with Crippen LogP contribution in [0.15, 0.2) is 18.2 Å². The maximum Gasteiger partial charge on any atom is 0.288 e. The molecule has 1 aliphatic rings. The van der Waals surface area contributed by atoms with E-state index in [-0.39, 0.29) is 10.7 Å². The minimum atomic E-state index is -0.424. The highest BCUT2D eigenvalue weighted by Crippen LogP contribution is 2.31. The van der Waals surface area contributed by atoms with E-state index in [4.69, 9.17) is 11.6 Å². The van der Waals surface area contributed by atoms with Gasteiger partial charge in [-0.1, -0.05) is 17.7 Å². The van der Waals surface area contributed by atoms with Gasteiger partial charge in [0.05, 0.1) is 4.92 Å². The minimum absolute atomic E-state index is 0.0118. The van der Waals surface area contributed by atoms with Crippen LogP contribution in [0.1, 0.15) is 24.3 Å². The van der Waals surface area contributed by atoms with Crippen LogP contribution in [0, 0.1) is 10.1 Å². The Kier molecular flexibility index (Phi) is 3.41. The van der Waals surface area contributed by atoms with Crippen LogP contribution in [0.5, 0.6) is 0 Å². The van der Waals surface area contributed by atoms with Gasteiger partial charge < -0.3 is 5.32 Å². The number of nitro benzene ring substituents is 1. The molecule has 0 atom stereocenters. The SMILES string of the molecule is O=[N+]([O-])c1cc(C2CCNCC2)ccc1Cl. The Morgan fingerprint density at radius 3 is 2.69 bits per heavy atom. The number of benzene rings is 1. The third-order valence-electron chi connectivity index (χ3n) is 2.98. The Morgan fingerprint density at radius 2 is 2.06 bits per heavy atom. The van der Waals surface area contributed by atoms with Gasteiger partial charge in [0.15, 0.2) is 0 Å². The van der Waals surface area contributed by atoms with Gasteiger partial charge in [0.1, 0.15) is 5.02 Å². The second kappa shape index (κ2) is 4.80. The van der Waals surface area contributed by atoms with E-state index in [2.05, 4.69) is 5.32 Å². The van der Waals surface area contributed by atoms with Crippen LogP contribution in [-0.4, -0.2) is 18.0 Å². The summed E-state index contributed by atoms with van der Waals surface area (Å²) in [5.41, 5.74) is 1.04. The van der Waals surface area contributed by atoms with Crippen molar-refractivity contribution in [2.45, 2.75) is 18.8 Å². The molecule has 0 unspecified atom stereocenters. The molecule has 1 aromatic carbocycles. The monoisotopic (exact) mass is 240 g/mol. The topological polar surface area (TPSA) is 55.2 Å². The molecule has 0 amide bonds. The van der Waals surface area contributed by atoms with E-state index in [0.717, 1.165) is 31.5 Å². The molecule has 16 heavy (non-hydrogen) atoms. The van der Waals surface area contributed by atoms with Crippen molar-refractivity contribution in [2.75, 3.05) is 13.1 Å². The highest BCUT2D eigenvalue weighted by Gasteiger charge is 2.19. The smallest absolute Gasteiger partial charge is 0.288 e. The number of rotatable bonds is 2. The fourth-order valence-corrected chi connectivity index (χ4v) is 2.27. The predicted molar refractivity (Wildman–Crippen MR) is 63.0 cm³/mol. The highest BCUT2D eigenvalue weighted by molar-refractivity contribution is 6.32. The summed E-state index contributed by atoms with van der Waals surface area (Å²) in [6, 6.07) is 5.13. The van der Waals surface area contributed by atoms with Crippen LogP contribution in [0.2, 0.25) is 5.02 Å². The molecule has 0 aromatic heterocycles. The van der Waals surface area contributed by atoms with Gasteiger partial charge in [-0.25, -0.2) is 0 Å². The molecule has 1 heterocycles. The molecule has 1 N–H and O–H groups in total. The summed E-state index contributed by atoms with van der Waals surface area (Å²) in [5, 5.41) is 14.2. The molecule has 0 spiro atoms. The van der Waals surface area contributed by atoms with Crippen molar-refractivity contribution in [2.24, 2.45) is 0 Å². The molecule has 0 bridgehead atoms. The lowest BCUT2D eigenvalue weighted by molar-refractivity contribution is -0.384. The summed E-state index contributed by atoms with van der Waals surface area (Å²) in [6.45, 7) is 1.95. The van der Waals surface area contributed by atoms with Crippen molar-refractivity contribution in [3.8, 4) is 0 Å². The number of hydrogen-bond acceptors (Lipinski definition) is 3. The molecule has 1 fully saturated rings. The van der Waals surface area contributed by atoms with Gasteiger partial charge in [0.25, 0.3) is 5.69 Å². The Bertz CT molecular complexity index is 403. The zero-order chi connectivity index (χ0) is 11.5. The van der Waals surface area contributed by atoms with Gasteiger partial charge in [0, 0.05) is 6.07 Å². The van der Waals surface area contributed by atoms with Gasteiger partial charge >= 0.3 is 0 Å². The number of nitro groups is 1. The molecule has 0 aliphatic carbocycles. The van der Waals surface area contributed by atoms with E-state index >= 15 is 0 Å². The molecule has 4 nitrogen and oxygen atoms in total. The molecule has 5 heteroatoms. The Balaban J connectivity index is 2.27. The van der Waals surface area contributed by atoms with E-state index in [1.807, 2.05) is 6.07 Å². The Hall–Kier alpha value is -1.13. The maximum absolute atomic E-state index is 10.8. The summed E-state index contributed by atoms with van der Waals surface area (Å²) in [7, 11) is 0. The molecule has 86 valence electrons. The summed E-state index contributed by atoms with van der Waals surface area (Å²) in [5.74, 6) is 0.414. The lowest BCUT2D eigenvalue weighted by Crippen LogP contribution is -2.26. The molecule has 2 rings (SSSR count). The van der Waals surface area contributed by atoms with Crippen LogP contribution < -0.4 is 5.32 Å². The number of nitrogens with one attached hydrogen (secondary N) is 1. The molecule has 1 aromatic rings. The van der Waals surface area contributed by atoms with E-state index in [0.29, 0.717) is 5.92 Å². The second-order valence-electron chi connectivity index (χ2n) is 3.99. The van der Waals surface area contributed by atoms with Crippen LogP contribution in [0.25, 0.3) is 0 Å². The van der Waals surface area contributed by atoms with Crippen molar-refractivity contribution >= 4 is 17.3 Å². The first kappa shape index (κ1) is 11.4. The number of nitrogens with zero attached hydrogens (tertiary/aromatic N) is 1. The number of piperidine rings is 1. The third-order valence-corrected chi connectivity index (χ3v) is 3.30. The van der Waals surface area contributed by atoms with Crippen LogP contribution in [-0.2, 0) is 0 Å². The summed E-state index contributed by atoms with van der Waals surface area (Å²) < 4.78 is 0. The molecular formula is C11H13ClN2O2. The molecular weight excluding hydrogens is 228 g/mol. The molecule has 0 saturated carbocycles. The lowest BCUT2D eigenvalue weighted by atomic mass is 9.90. The van der Waals surface area contributed by atoms with Gasteiger partial charge in [-0.2, -0.15) is 0 Å². The zero-order valence-electron chi connectivity index (χ0n) is 8.78. The van der Waals surface area contributed by atoms with E-state index in [1.54, 1.807) is 12.1 Å². The van der Waals surface area contributed by atoms with Crippen molar-refractivity contribution in [3.63, 3.8) is 0 Å². The quantitative estimate of drug-likeness (QED) is 0.639. The Morgan fingerprint density at radius 1 is 1.38 bits per heavy atom. The largest absolute Gasteiger partial charge is 0.317 e. The first-order chi connectivity index (χ1) is 7.68. The van der Waals surface area contributed by atoms with E-state index < -0.39 is 4.92 Å². The average Bonchev–Trinajstić information content (AvgIpc) is 2.30. The van der Waals surface area contributed by atoms with Crippen molar-refractivity contribution < 1.29 is 4.92 Å². The fourth-order valence-electron chi connectivity index (χ4n) is 2.08. The maximum atomic E-state index is 10.8. The van der Waals surface area contributed by atoms with Crippen molar-refractivity contribution in [3.05, 3.63) is 38.9 Å². The summed E-state index contributed by atoms with van der Waals surface area (Å²) in [4.78, 5) is 10.3. The van der Waals surface area contributed by atoms with Crippen molar-refractivity contribution in [1.82, 2.24) is 5.32 Å². The zero-order valence-corrected chi connectivity index (χ0v) is 9.54. The predicted octanol–water partition coefficient (Wildman–Crippen LogP) is 2.72. The van der Waals surface area contributed by atoms with Crippen LogP contribution in [0.3, 0.4) is 0 Å². The Labute approximate surface area is 98.8 Å². The molecule has 1 saturated heterocycles. The van der Waals surface area contributed by atoms with Gasteiger partial charge in [-0.3, -0.25) is 10.1 Å². The summed E-state index contributed by atoms with van der Waals surface area (Å²) >= 11 is 5.78. The first-order valence-corrected chi connectivity index (χ1v) is 5.71. The normalized spacial score (nSPS) is 17.3. The lowest BCUT2D eigenvalue weighted by Gasteiger charge is -2.22.